The van der Waals surface area contributed by atoms with Gasteiger partial charge in [0.05, 0.1) is 0 Å². The topological polar surface area (TPSA) is 75.6 Å². The van der Waals surface area contributed by atoms with E-state index in [9.17, 15) is 9.59 Å². The smallest absolute Gasteiger partial charge is 0.412 e. The van der Waals surface area contributed by atoms with Gasteiger partial charge in [-0.25, -0.2) is 9.59 Å². The molecule has 0 aromatic carbocycles. The lowest BCUT2D eigenvalue weighted by Gasteiger charge is -2.19. The van der Waals surface area contributed by atoms with Gasteiger partial charge >= 0.3 is 12.1 Å². The number of hydrogen-bond donors (Lipinski definition) is 2. The number of hydrogen-bond acceptors (Lipinski definition) is 3. The normalized spacial score (nSPS) is 12.1. The number of carbonyl (C=O) groups excluding carboxylic acids is 1. The second-order valence-electron chi connectivity index (χ2n) is 3.96. The Kier molecular flexibility index (Phi) is 4.84. The summed E-state index contributed by atoms with van der Waals surface area (Å²) in [4.78, 5) is 21.9. The van der Waals surface area contributed by atoms with E-state index in [-0.39, 0.29) is 5.70 Å². The number of carboxylic acids is 1. The molecule has 0 aliphatic carbocycles. The Hall–Kier alpha value is -1.52. The van der Waals surface area contributed by atoms with Crippen LogP contribution in [0.2, 0.25) is 0 Å². The molecule has 0 bridgehead atoms. The third-order valence-electron chi connectivity index (χ3n) is 1.27. The first-order chi connectivity index (χ1) is 6.76. The Bertz CT molecular complexity index is 276. The van der Waals surface area contributed by atoms with Crippen molar-refractivity contribution in [2.75, 3.05) is 0 Å². The van der Waals surface area contributed by atoms with Crippen molar-refractivity contribution in [1.29, 1.82) is 0 Å². The van der Waals surface area contributed by atoms with Gasteiger partial charge < -0.3 is 9.84 Å². The minimum Gasteiger partial charge on any atom is -0.477 e. The third kappa shape index (κ3) is 6.54. The molecule has 5 heteroatoms. The standard InChI is InChI=1S/C10H17NO4/c1-5-6-7(8(12)13)11-9(14)15-10(2,3)4/h6H,5H2,1-4H3,(H,11,14)(H,12,13)/b7-6+. The number of nitrogens with one attached hydrogen (secondary N) is 1. The van der Waals surface area contributed by atoms with Gasteiger partial charge in [0.15, 0.2) is 0 Å². The van der Waals surface area contributed by atoms with Gasteiger partial charge in [-0.3, -0.25) is 5.32 Å². The van der Waals surface area contributed by atoms with Crippen LogP contribution in [0.3, 0.4) is 0 Å². The van der Waals surface area contributed by atoms with E-state index in [1.54, 1.807) is 27.7 Å². The van der Waals surface area contributed by atoms with E-state index in [1.807, 2.05) is 0 Å². The number of allylic oxidation sites excluding steroid dienone is 1. The quantitative estimate of drug-likeness (QED) is 0.705. The zero-order valence-electron chi connectivity index (χ0n) is 9.46. The van der Waals surface area contributed by atoms with Crippen molar-refractivity contribution in [1.82, 2.24) is 5.32 Å². The van der Waals surface area contributed by atoms with Crippen molar-refractivity contribution in [3.63, 3.8) is 0 Å². The SMILES string of the molecule is CC/C=C(/NC(=O)OC(C)(C)C)C(=O)O. The van der Waals surface area contributed by atoms with Crippen LogP contribution < -0.4 is 5.32 Å². The molecule has 0 saturated carbocycles. The predicted octanol–water partition coefficient (Wildman–Crippen LogP) is 1.89. The highest BCUT2D eigenvalue weighted by Crippen LogP contribution is 2.07. The number of aliphatic carboxylic acids is 1. The zero-order chi connectivity index (χ0) is 12.1. The number of ether oxygens (including phenoxy) is 1. The van der Waals surface area contributed by atoms with Crippen molar-refractivity contribution in [2.45, 2.75) is 39.7 Å². The van der Waals surface area contributed by atoms with Gasteiger partial charge in [-0.15, -0.1) is 0 Å². The molecule has 0 heterocycles. The van der Waals surface area contributed by atoms with Crippen molar-refractivity contribution in [3.05, 3.63) is 11.8 Å². The lowest BCUT2D eigenvalue weighted by molar-refractivity contribution is -0.133. The summed E-state index contributed by atoms with van der Waals surface area (Å²) in [5, 5.41) is 10.9. The summed E-state index contributed by atoms with van der Waals surface area (Å²) in [7, 11) is 0. The largest absolute Gasteiger partial charge is 0.477 e. The molecule has 0 saturated heterocycles. The zero-order valence-corrected chi connectivity index (χ0v) is 9.46. The van der Waals surface area contributed by atoms with Crippen LogP contribution >= 0.6 is 0 Å². The number of carbonyl (C=O) groups is 2. The maximum absolute atomic E-state index is 11.2. The van der Waals surface area contributed by atoms with Crippen LogP contribution in [0.25, 0.3) is 0 Å². The molecule has 0 rings (SSSR count). The highest BCUT2D eigenvalue weighted by Gasteiger charge is 2.18. The maximum Gasteiger partial charge on any atom is 0.412 e. The summed E-state index contributed by atoms with van der Waals surface area (Å²) in [6, 6.07) is 0. The molecule has 5 nitrogen and oxygen atoms in total. The second kappa shape index (κ2) is 5.38. The number of amides is 1. The van der Waals surface area contributed by atoms with E-state index < -0.39 is 17.7 Å². The number of carboxylic acid groups (broad SMARTS) is 1. The second-order valence-corrected chi connectivity index (χ2v) is 3.96. The van der Waals surface area contributed by atoms with E-state index in [1.165, 1.54) is 6.08 Å². The summed E-state index contributed by atoms with van der Waals surface area (Å²) in [5.41, 5.74) is -0.799. The van der Waals surface area contributed by atoms with Crippen LogP contribution in [0, 0.1) is 0 Å². The Balaban J connectivity index is 4.38. The van der Waals surface area contributed by atoms with Crippen molar-refractivity contribution >= 4 is 12.1 Å². The van der Waals surface area contributed by atoms with Gasteiger partial charge in [-0.2, -0.15) is 0 Å². The summed E-state index contributed by atoms with van der Waals surface area (Å²) in [6.45, 7) is 6.89. The lowest BCUT2D eigenvalue weighted by Crippen LogP contribution is -2.34. The molecule has 1 amide bonds. The fraction of sp³-hybridized carbons (Fsp3) is 0.600. The summed E-state index contributed by atoms with van der Waals surface area (Å²) in [6.07, 6.45) is 1.17. The fourth-order valence-corrected chi connectivity index (χ4v) is 0.809. The van der Waals surface area contributed by atoms with Crippen molar-refractivity contribution in [2.24, 2.45) is 0 Å². The molecule has 2 N–H and O–H groups in total. The fourth-order valence-electron chi connectivity index (χ4n) is 0.809. The molecule has 0 fully saturated rings. The monoisotopic (exact) mass is 215 g/mol. The average Bonchev–Trinajstić information content (AvgIpc) is 1.99. The van der Waals surface area contributed by atoms with E-state index >= 15 is 0 Å². The Labute approximate surface area is 89.1 Å². The highest BCUT2D eigenvalue weighted by atomic mass is 16.6. The van der Waals surface area contributed by atoms with E-state index in [0.717, 1.165) is 0 Å². The van der Waals surface area contributed by atoms with Gasteiger partial charge in [0, 0.05) is 0 Å². The molecule has 0 unspecified atom stereocenters. The Morgan fingerprint density at radius 2 is 1.93 bits per heavy atom. The van der Waals surface area contributed by atoms with E-state index in [4.69, 9.17) is 9.84 Å². The summed E-state index contributed by atoms with van der Waals surface area (Å²) >= 11 is 0. The molecule has 0 aliphatic rings. The van der Waals surface area contributed by atoms with E-state index in [2.05, 4.69) is 5.32 Å². The van der Waals surface area contributed by atoms with Crippen LogP contribution in [0.4, 0.5) is 4.79 Å². The van der Waals surface area contributed by atoms with Gasteiger partial charge in [-0.1, -0.05) is 13.0 Å². The average molecular weight is 215 g/mol. The molecular weight excluding hydrogens is 198 g/mol. The van der Waals surface area contributed by atoms with Crippen LogP contribution in [0.5, 0.6) is 0 Å². The number of rotatable bonds is 3. The van der Waals surface area contributed by atoms with Crippen LogP contribution in [-0.4, -0.2) is 22.8 Å². The van der Waals surface area contributed by atoms with Gasteiger partial charge in [0.25, 0.3) is 0 Å². The van der Waals surface area contributed by atoms with Gasteiger partial charge in [0.2, 0.25) is 0 Å². The molecule has 15 heavy (non-hydrogen) atoms. The Morgan fingerprint density at radius 3 is 2.27 bits per heavy atom. The van der Waals surface area contributed by atoms with Crippen molar-refractivity contribution in [3.8, 4) is 0 Å². The molecule has 0 aromatic rings. The third-order valence-corrected chi connectivity index (χ3v) is 1.27. The molecule has 0 aromatic heterocycles. The minimum absolute atomic E-state index is 0.160. The molecule has 0 radical (unpaired) electrons. The molecular formula is C10H17NO4. The molecule has 0 atom stereocenters. The van der Waals surface area contributed by atoms with Crippen LogP contribution in [0.15, 0.2) is 11.8 Å². The number of alkyl carbamates (subject to hydrolysis) is 1. The van der Waals surface area contributed by atoms with Gasteiger partial charge in [0.1, 0.15) is 11.3 Å². The summed E-state index contributed by atoms with van der Waals surface area (Å²) in [5.74, 6) is -1.18. The Morgan fingerprint density at radius 1 is 1.40 bits per heavy atom. The van der Waals surface area contributed by atoms with Crippen LogP contribution in [-0.2, 0) is 9.53 Å². The first-order valence-electron chi connectivity index (χ1n) is 4.69. The minimum atomic E-state index is -1.18. The van der Waals surface area contributed by atoms with Crippen molar-refractivity contribution < 1.29 is 19.4 Å². The first-order valence-corrected chi connectivity index (χ1v) is 4.69. The molecule has 0 spiro atoms. The molecule has 0 aliphatic heterocycles. The first kappa shape index (κ1) is 13.5. The maximum atomic E-state index is 11.2. The van der Waals surface area contributed by atoms with E-state index in [0.29, 0.717) is 6.42 Å². The summed E-state index contributed by atoms with van der Waals surface area (Å²) < 4.78 is 4.91. The predicted molar refractivity (Wildman–Crippen MR) is 55.4 cm³/mol. The lowest BCUT2D eigenvalue weighted by atomic mass is 10.2. The molecule has 86 valence electrons. The highest BCUT2D eigenvalue weighted by molar-refractivity contribution is 5.90. The van der Waals surface area contributed by atoms with Crippen LogP contribution in [0.1, 0.15) is 34.1 Å². The van der Waals surface area contributed by atoms with Gasteiger partial charge in [-0.05, 0) is 27.2 Å².